The summed E-state index contributed by atoms with van der Waals surface area (Å²) in [7, 11) is -0.0728. The van der Waals surface area contributed by atoms with Gasteiger partial charge in [0.25, 0.3) is 0 Å². The minimum atomic E-state index is -1.77. The maximum atomic E-state index is 6.50. The minimum Gasteiger partial charge on any atom is -0.496 e. The fraction of sp³-hybridized carbons (Fsp3) is 0.300. The molecule has 0 aliphatic heterocycles. The fourth-order valence-electron chi connectivity index (χ4n) is 2.63. The second kappa shape index (κ2) is 7.15. The van der Waals surface area contributed by atoms with Crippen LogP contribution in [0.1, 0.15) is 22.8 Å². The van der Waals surface area contributed by atoms with Crippen LogP contribution in [0.15, 0.2) is 55.1 Å². The van der Waals surface area contributed by atoms with Gasteiger partial charge in [-0.3, -0.25) is 0 Å². The second-order valence-electron chi connectivity index (χ2n) is 6.69. The van der Waals surface area contributed by atoms with E-state index in [1.54, 1.807) is 7.11 Å². The molecule has 2 aromatic carbocycles. The molecule has 0 bridgehead atoms. The highest BCUT2D eigenvalue weighted by Crippen LogP contribution is 2.39. The number of para-hydroxylation sites is 1. The third-order valence-electron chi connectivity index (χ3n) is 3.70. The van der Waals surface area contributed by atoms with E-state index in [0.29, 0.717) is 0 Å². The SMILES string of the molecule is C=C(c1ccccc1C)C(O[Si](C)(C)C)c1ccccc1OC. The topological polar surface area (TPSA) is 18.5 Å². The molecule has 0 amide bonds. The van der Waals surface area contributed by atoms with Crippen LogP contribution in [0.2, 0.25) is 19.6 Å². The number of hydrogen-bond acceptors (Lipinski definition) is 2. The molecule has 122 valence electrons. The molecule has 0 spiro atoms. The molecule has 0 aliphatic carbocycles. The predicted octanol–water partition coefficient (Wildman–Crippen LogP) is 5.61. The zero-order valence-electron chi connectivity index (χ0n) is 14.7. The average Bonchev–Trinajstić information content (AvgIpc) is 2.51. The summed E-state index contributed by atoms with van der Waals surface area (Å²) < 4.78 is 12.0. The van der Waals surface area contributed by atoms with E-state index in [1.807, 2.05) is 30.3 Å². The first-order valence-corrected chi connectivity index (χ1v) is 11.3. The Hall–Kier alpha value is -1.84. The van der Waals surface area contributed by atoms with Crippen LogP contribution in [0.3, 0.4) is 0 Å². The van der Waals surface area contributed by atoms with E-state index >= 15 is 0 Å². The minimum absolute atomic E-state index is 0.195. The number of hydrogen-bond donors (Lipinski definition) is 0. The molecule has 0 fully saturated rings. The summed E-state index contributed by atoms with van der Waals surface area (Å²) in [5.41, 5.74) is 4.36. The predicted molar refractivity (Wildman–Crippen MR) is 100 cm³/mol. The molecular formula is C20H26O2Si. The Bertz CT molecular complexity index is 686. The van der Waals surface area contributed by atoms with Crippen LogP contribution >= 0.6 is 0 Å². The largest absolute Gasteiger partial charge is 0.496 e. The smallest absolute Gasteiger partial charge is 0.185 e. The lowest BCUT2D eigenvalue weighted by Gasteiger charge is -2.30. The molecule has 0 saturated heterocycles. The van der Waals surface area contributed by atoms with Crippen molar-refractivity contribution >= 4 is 13.9 Å². The molecular weight excluding hydrogens is 300 g/mol. The highest BCUT2D eigenvalue weighted by molar-refractivity contribution is 6.69. The number of aryl methyl sites for hydroxylation is 1. The Labute approximate surface area is 140 Å². The Morgan fingerprint density at radius 2 is 1.61 bits per heavy atom. The van der Waals surface area contributed by atoms with Crippen LogP contribution in [-0.2, 0) is 4.43 Å². The molecule has 2 nitrogen and oxygen atoms in total. The normalized spacial score (nSPS) is 12.7. The summed E-state index contributed by atoms with van der Waals surface area (Å²) in [6.07, 6.45) is -0.195. The molecule has 0 aliphatic rings. The molecule has 3 heteroatoms. The summed E-state index contributed by atoms with van der Waals surface area (Å²) in [6.45, 7) is 13.1. The first kappa shape index (κ1) is 17.5. The van der Waals surface area contributed by atoms with Crippen molar-refractivity contribution in [1.29, 1.82) is 0 Å². The Kier molecular flexibility index (Phi) is 5.45. The summed E-state index contributed by atoms with van der Waals surface area (Å²) in [4.78, 5) is 0. The number of ether oxygens (including phenoxy) is 1. The van der Waals surface area contributed by atoms with Gasteiger partial charge < -0.3 is 9.16 Å². The van der Waals surface area contributed by atoms with Crippen LogP contribution < -0.4 is 4.74 Å². The van der Waals surface area contributed by atoms with E-state index in [0.717, 1.165) is 22.4 Å². The van der Waals surface area contributed by atoms with Crippen molar-refractivity contribution in [2.75, 3.05) is 7.11 Å². The van der Waals surface area contributed by atoms with Crippen molar-refractivity contribution in [3.8, 4) is 5.75 Å². The zero-order valence-corrected chi connectivity index (χ0v) is 15.7. The van der Waals surface area contributed by atoms with E-state index in [9.17, 15) is 0 Å². The standard InChI is InChI=1S/C20H26O2Si/c1-15-11-7-8-12-17(15)16(2)20(22-23(4,5)6)18-13-9-10-14-19(18)21-3/h7-14,20H,2H2,1,3-6H3. The van der Waals surface area contributed by atoms with E-state index in [2.05, 4.69) is 51.3 Å². The van der Waals surface area contributed by atoms with Crippen LogP contribution in [0.4, 0.5) is 0 Å². The molecule has 2 aromatic rings. The number of methoxy groups -OCH3 is 1. The fourth-order valence-corrected chi connectivity index (χ4v) is 3.61. The van der Waals surface area contributed by atoms with Crippen LogP contribution in [0.25, 0.3) is 5.57 Å². The summed E-state index contributed by atoms with van der Waals surface area (Å²) in [5, 5.41) is 0. The lowest BCUT2D eigenvalue weighted by molar-refractivity contribution is 0.250. The van der Waals surface area contributed by atoms with E-state index in [4.69, 9.17) is 9.16 Å². The van der Waals surface area contributed by atoms with Crippen molar-refractivity contribution in [2.45, 2.75) is 32.7 Å². The summed E-state index contributed by atoms with van der Waals surface area (Å²) in [6, 6.07) is 16.3. The molecule has 1 unspecified atom stereocenters. The monoisotopic (exact) mass is 326 g/mol. The van der Waals surface area contributed by atoms with Gasteiger partial charge in [0.2, 0.25) is 0 Å². The molecule has 1 atom stereocenters. The lowest BCUT2D eigenvalue weighted by Crippen LogP contribution is -2.28. The van der Waals surface area contributed by atoms with Crippen molar-refractivity contribution in [2.24, 2.45) is 0 Å². The van der Waals surface area contributed by atoms with Gasteiger partial charge in [0.1, 0.15) is 5.75 Å². The quantitative estimate of drug-likeness (QED) is 0.642. The third kappa shape index (κ3) is 4.33. The molecule has 0 saturated carbocycles. The Morgan fingerprint density at radius 1 is 1.00 bits per heavy atom. The molecule has 23 heavy (non-hydrogen) atoms. The van der Waals surface area contributed by atoms with Gasteiger partial charge in [-0.1, -0.05) is 49.0 Å². The van der Waals surface area contributed by atoms with Gasteiger partial charge in [0.15, 0.2) is 8.32 Å². The van der Waals surface area contributed by atoms with Crippen molar-refractivity contribution in [3.63, 3.8) is 0 Å². The average molecular weight is 327 g/mol. The molecule has 0 aromatic heterocycles. The van der Waals surface area contributed by atoms with Gasteiger partial charge >= 0.3 is 0 Å². The Balaban J connectivity index is 2.50. The molecule has 0 radical (unpaired) electrons. The van der Waals surface area contributed by atoms with Crippen LogP contribution in [0, 0.1) is 6.92 Å². The highest BCUT2D eigenvalue weighted by atomic mass is 28.4. The van der Waals surface area contributed by atoms with Crippen molar-refractivity contribution in [1.82, 2.24) is 0 Å². The van der Waals surface area contributed by atoms with Crippen LogP contribution in [-0.4, -0.2) is 15.4 Å². The molecule has 0 heterocycles. The van der Waals surface area contributed by atoms with Crippen molar-refractivity contribution in [3.05, 3.63) is 71.8 Å². The highest BCUT2D eigenvalue weighted by Gasteiger charge is 2.27. The number of benzene rings is 2. The van der Waals surface area contributed by atoms with Gasteiger partial charge in [-0.25, -0.2) is 0 Å². The Morgan fingerprint density at radius 3 is 2.22 bits per heavy atom. The van der Waals surface area contributed by atoms with Gasteiger partial charge in [0, 0.05) is 5.56 Å². The third-order valence-corrected chi connectivity index (χ3v) is 4.64. The zero-order chi connectivity index (χ0) is 17.0. The van der Waals surface area contributed by atoms with Gasteiger partial charge in [0.05, 0.1) is 13.2 Å². The van der Waals surface area contributed by atoms with Gasteiger partial charge in [-0.2, -0.15) is 0 Å². The van der Waals surface area contributed by atoms with Gasteiger partial charge in [-0.05, 0) is 49.3 Å². The second-order valence-corrected chi connectivity index (χ2v) is 11.2. The molecule has 2 rings (SSSR count). The van der Waals surface area contributed by atoms with E-state index in [-0.39, 0.29) is 6.10 Å². The van der Waals surface area contributed by atoms with Gasteiger partial charge in [-0.15, -0.1) is 0 Å². The summed E-state index contributed by atoms with van der Waals surface area (Å²) in [5.74, 6) is 0.838. The first-order chi connectivity index (χ1) is 10.8. The van der Waals surface area contributed by atoms with Crippen molar-refractivity contribution < 1.29 is 9.16 Å². The molecule has 0 N–H and O–H groups in total. The van der Waals surface area contributed by atoms with Crippen LogP contribution in [0.5, 0.6) is 5.75 Å². The maximum Gasteiger partial charge on any atom is 0.185 e. The number of rotatable bonds is 6. The lowest BCUT2D eigenvalue weighted by atomic mass is 9.93. The van der Waals surface area contributed by atoms with E-state index in [1.165, 1.54) is 5.56 Å². The van der Waals surface area contributed by atoms with E-state index < -0.39 is 8.32 Å². The summed E-state index contributed by atoms with van der Waals surface area (Å²) >= 11 is 0. The first-order valence-electron chi connectivity index (χ1n) is 7.89. The maximum absolute atomic E-state index is 6.50.